The summed E-state index contributed by atoms with van der Waals surface area (Å²) in [4.78, 5) is 0. The van der Waals surface area contributed by atoms with Gasteiger partial charge in [-0.05, 0) is 19.8 Å². The van der Waals surface area contributed by atoms with E-state index in [1.54, 1.807) is 0 Å². The van der Waals surface area contributed by atoms with E-state index in [1.807, 2.05) is 6.92 Å². The first-order valence-corrected chi connectivity index (χ1v) is 4.87. The molecular weight excluding hydrogens is 148 g/mol. The standard InChI is InChI=1S/C7H14O2S/c1-7(10(8)9)5-3-2-4-6-7/h2-6H2,1H3,(H,8,9). The lowest BCUT2D eigenvalue weighted by atomic mass is 9.90. The molecule has 0 radical (unpaired) electrons. The molecule has 1 rings (SSSR count). The maximum absolute atomic E-state index is 10.8. The minimum Gasteiger partial charge on any atom is -0.306 e. The SMILES string of the molecule is CC1(S(=O)O)CCCCC1. The molecule has 10 heavy (non-hydrogen) atoms. The van der Waals surface area contributed by atoms with Crippen LogP contribution in [0.1, 0.15) is 39.0 Å². The van der Waals surface area contributed by atoms with E-state index >= 15 is 0 Å². The summed E-state index contributed by atoms with van der Waals surface area (Å²) in [7, 11) is 0. The average Bonchev–Trinajstić information content (AvgIpc) is 1.89. The highest BCUT2D eigenvalue weighted by molar-refractivity contribution is 7.80. The van der Waals surface area contributed by atoms with Gasteiger partial charge in [-0.25, -0.2) is 4.21 Å². The third-order valence-electron chi connectivity index (χ3n) is 2.33. The van der Waals surface area contributed by atoms with Crippen LogP contribution < -0.4 is 0 Å². The first kappa shape index (κ1) is 8.21. The van der Waals surface area contributed by atoms with Crippen LogP contribution >= 0.6 is 0 Å². The van der Waals surface area contributed by atoms with Gasteiger partial charge in [0.05, 0.1) is 4.75 Å². The molecule has 60 valence electrons. The molecule has 0 aromatic heterocycles. The largest absolute Gasteiger partial charge is 0.306 e. The summed E-state index contributed by atoms with van der Waals surface area (Å²) in [6.07, 6.45) is 5.28. The van der Waals surface area contributed by atoms with Crippen LogP contribution in [0.15, 0.2) is 0 Å². The van der Waals surface area contributed by atoms with E-state index in [1.165, 1.54) is 6.42 Å². The average molecular weight is 162 g/mol. The van der Waals surface area contributed by atoms with Crippen LogP contribution in [0.5, 0.6) is 0 Å². The lowest BCUT2D eigenvalue weighted by Crippen LogP contribution is -2.32. The van der Waals surface area contributed by atoms with Crippen LogP contribution in [0.2, 0.25) is 0 Å². The van der Waals surface area contributed by atoms with Crippen molar-refractivity contribution in [1.29, 1.82) is 0 Å². The minimum atomic E-state index is -1.62. The zero-order valence-electron chi connectivity index (χ0n) is 6.30. The van der Waals surface area contributed by atoms with Crippen molar-refractivity contribution in [1.82, 2.24) is 0 Å². The van der Waals surface area contributed by atoms with Gasteiger partial charge in [0.25, 0.3) is 0 Å². The summed E-state index contributed by atoms with van der Waals surface area (Å²) in [5.74, 6) is 0. The van der Waals surface area contributed by atoms with Crippen LogP contribution in [-0.4, -0.2) is 13.5 Å². The Balaban J connectivity index is 2.56. The van der Waals surface area contributed by atoms with Gasteiger partial charge in [0.2, 0.25) is 0 Å². The summed E-state index contributed by atoms with van der Waals surface area (Å²) >= 11 is -1.62. The Labute approximate surface area is 64.3 Å². The summed E-state index contributed by atoms with van der Waals surface area (Å²) in [5.41, 5.74) is 0. The van der Waals surface area contributed by atoms with Gasteiger partial charge in [-0.1, -0.05) is 19.3 Å². The normalized spacial score (nSPS) is 27.8. The second kappa shape index (κ2) is 3.01. The van der Waals surface area contributed by atoms with Crippen LogP contribution in [-0.2, 0) is 11.1 Å². The smallest absolute Gasteiger partial charge is 0.158 e. The van der Waals surface area contributed by atoms with Crippen molar-refractivity contribution in [2.24, 2.45) is 0 Å². The Hall–Kier alpha value is 0.110. The molecule has 1 fully saturated rings. The Morgan fingerprint density at radius 3 is 2.10 bits per heavy atom. The molecule has 0 heterocycles. The van der Waals surface area contributed by atoms with Gasteiger partial charge < -0.3 is 4.55 Å². The first-order valence-electron chi connectivity index (χ1n) is 3.76. The Bertz CT molecular complexity index is 139. The summed E-state index contributed by atoms with van der Waals surface area (Å²) in [5, 5.41) is 0. The van der Waals surface area contributed by atoms with Gasteiger partial charge in [0.15, 0.2) is 11.1 Å². The van der Waals surface area contributed by atoms with E-state index in [2.05, 4.69) is 0 Å². The van der Waals surface area contributed by atoms with Crippen LogP contribution in [0.4, 0.5) is 0 Å². The van der Waals surface area contributed by atoms with Gasteiger partial charge in [0, 0.05) is 0 Å². The third-order valence-corrected chi connectivity index (χ3v) is 3.58. The van der Waals surface area contributed by atoms with Crippen LogP contribution in [0.3, 0.4) is 0 Å². The molecule has 1 aliphatic rings. The fraction of sp³-hybridized carbons (Fsp3) is 1.00. The van der Waals surface area contributed by atoms with E-state index in [0.29, 0.717) is 0 Å². The van der Waals surface area contributed by atoms with Crippen molar-refractivity contribution in [2.45, 2.75) is 43.8 Å². The van der Waals surface area contributed by atoms with E-state index < -0.39 is 11.1 Å². The van der Waals surface area contributed by atoms with Gasteiger partial charge in [0.1, 0.15) is 0 Å². The van der Waals surface area contributed by atoms with E-state index in [-0.39, 0.29) is 4.75 Å². The van der Waals surface area contributed by atoms with Gasteiger partial charge >= 0.3 is 0 Å². The molecule has 2 nitrogen and oxygen atoms in total. The van der Waals surface area contributed by atoms with E-state index in [9.17, 15) is 4.21 Å². The topological polar surface area (TPSA) is 37.3 Å². The summed E-state index contributed by atoms with van der Waals surface area (Å²) in [6.45, 7) is 1.91. The predicted octanol–water partition coefficient (Wildman–Crippen LogP) is 1.93. The van der Waals surface area contributed by atoms with E-state index in [4.69, 9.17) is 4.55 Å². The number of rotatable bonds is 1. The predicted molar refractivity (Wildman–Crippen MR) is 42.3 cm³/mol. The molecule has 1 aliphatic carbocycles. The van der Waals surface area contributed by atoms with Gasteiger partial charge in [-0.15, -0.1) is 0 Å². The summed E-state index contributed by atoms with van der Waals surface area (Å²) < 4.78 is 19.4. The lowest BCUT2D eigenvalue weighted by molar-refractivity contribution is 0.387. The maximum atomic E-state index is 10.8. The highest BCUT2D eigenvalue weighted by Crippen LogP contribution is 2.31. The van der Waals surface area contributed by atoms with Crippen LogP contribution in [0, 0.1) is 0 Å². The van der Waals surface area contributed by atoms with Crippen molar-refractivity contribution in [3.63, 3.8) is 0 Å². The minimum absolute atomic E-state index is 0.293. The Morgan fingerprint density at radius 2 is 1.80 bits per heavy atom. The summed E-state index contributed by atoms with van der Waals surface area (Å²) in [6, 6.07) is 0. The highest BCUT2D eigenvalue weighted by atomic mass is 32.2. The van der Waals surface area contributed by atoms with Crippen molar-refractivity contribution in [3.8, 4) is 0 Å². The van der Waals surface area contributed by atoms with E-state index in [0.717, 1.165) is 25.7 Å². The molecule has 0 aromatic carbocycles. The quantitative estimate of drug-likeness (QED) is 0.598. The maximum Gasteiger partial charge on any atom is 0.158 e. The molecule has 0 bridgehead atoms. The zero-order chi connectivity index (χ0) is 7.61. The zero-order valence-corrected chi connectivity index (χ0v) is 7.12. The molecule has 3 heteroatoms. The van der Waals surface area contributed by atoms with Gasteiger partial charge in [-0.2, -0.15) is 0 Å². The number of hydrogen-bond donors (Lipinski definition) is 1. The third kappa shape index (κ3) is 1.58. The van der Waals surface area contributed by atoms with Crippen molar-refractivity contribution in [2.75, 3.05) is 0 Å². The molecule has 1 atom stereocenters. The van der Waals surface area contributed by atoms with Crippen LogP contribution in [0.25, 0.3) is 0 Å². The van der Waals surface area contributed by atoms with Crippen molar-refractivity contribution >= 4 is 11.1 Å². The highest BCUT2D eigenvalue weighted by Gasteiger charge is 2.32. The molecule has 0 aromatic rings. The second-order valence-corrected chi connectivity index (χ2v) is 4.74. The molecule has 0 aliphatic heterocycles. The lowest BCUT2D eigenvalue weighted by Gasteiger charge is -2.29. The fourth-order valence-electron chi connectivity index (χ4n) is 1.47. The number of hydrogen-bond acceptors (Lipinski definition) is 1. The molecule has 1 saturated carbocycles. The Morgan fingerprint density at radius 1 is 1.30 bits per heavy atom. The molecule has 0 saturated heterocycles. The van der Waals surface area contributed by atoms with Gasteiger partial charge in [-0.3, -0.25) is 0 Å². The monoisotopic (exact) mass is 162 g/mol. The van der Waals surface area contributed by atoms with Crippen molar-refractivity contribution in [3.05, 3.63) is 0 Å². The molecule has 0 amide bonds. The molecular formula is C7H14O2S. The molecule has 1 unspecified atom stereocenters. The van der Waals surface area contributed by atoms with Crippen molar-refractivity contribution < 1.29 is 8.76 Å². The first-order chi connectivity index (χ1) is 4.65. The molecule has 0 spiro atoms. The Kier molecular flexibility index (Phi) is 2.47. The molecule has 1 N–H and O–H groups in total. The second-order valence-electron chi connectivity index (χ2n) is 3.26. The fourth-order valence-corrected chi connectivity index (χ4v) is 2.11.